The maximum Gasteiger partial charge on any atom is 0.158 e. The molecule has 3 aliphatic rings. The van der Waals surface area contributed by atoms with Crippen LogP contribution in [-0.2, 0) is 0 Å². The summed E-state index contributed by atoms with van der Waals surface area (Å²) in [4.78, 5) is 4.95. The number of fused-ring (bicyclic) bond motifs is 2. The van der Waals surface area contributed by atoms with Crippen LogP contribution in [0.4, 0.5) is 0 Å². The van der Waals surface area contributed by atoms with E-state index in [2.05, 4.69) is 4.98 Å². The lowest BCUT2D eigenvalue weighted by molar-refractivity contribution is 0.358. The molecule has 0 unspecified atom stereocenters. The van der Waals surface area contributed by atoms with Crippen molar-refractivity contribution < 1.29 is 0 Å². The third-order valence-corrected chi connectivity index (χ3v) is 4.62. The molecule has 4 rings (SSSR count). The number of aromatic amines is 1. The Balaban J connectivity index is 2.24. The smallest absolute Gasteiger partial charge is 0.158 e. The van der Waals surface area contributed by atoms with E-state index in [1.165, 1.54) is 31.4 Å². The van der Waals surface area contributed by atoms with Crippen LogP contribution in [0.15, 0.2) is 0 Å². The lowest BCUT2D eigenvalue weighted by Gasteiger charge is -2.34. The SMILES string of the molecule is S=c1[nH]c2c(s1)C1CCC2CC1. The molecular weight excluding hydrogens is 186 g/mol. The van der Waals surface area contributed by atoms with Gasteiger partial charge in [-0.2, -0.15) is 0 Å². The maximum atomic E-state index is 5.18. The van der Waals surface area contributed by atoms with Crippen molar-refractivity contribution in [1.29, 1.82) is 0 Å². The van der Waals surface area contributed by atoms with Gasteiger partial charge in [0.15, 0.2) is 3.95 Å². The van der Waals surface area contributed by atoms with E-state index in [9.17, 15) is 0 Å². The van der Waals surface area contributed by atoms with Crippen molar-refractivity contribution in [1.82, 2.24) is 4.98 Å². The highest BCUT2D eigenvalue weighted by Crippen LogP contribution is 2.50. The fourth-order valence-corrected chi connectivity index (χ4v) is 4.07. The van der Waals surface area contributed by atoms with Gasteiger partial charge in [-0.05, 0) is 43.8 Å². The molecule has 3 heteroatoms. The van der Waals surface area contributed by atoms with Crippen LogP contribution < -0.4 is 0 Å². The summed E-state index contributed by atoms with van der Waals surface area (Å²) >= 11 is 6.99. The Labute approximate surface area is 80.8 Å². The Morgan fingerprint density at radius 1 is 1.17 bits per heavy atom. The van der Waals surface area contributed by atoms with Crippen molar-refractivity contribution in [2.45, 2.75) is 37.5 Å². The van der Waals surface area contributed by atoms with Gasteiger partial charge in [0.25, 0.3) is 0 Å². The van der Waals surface area contributed by atoms with Crippen LogP contribution in [0, 0.1) is 3.95 Å². The molecule has 1 saturated carbocycles. The van der Waals surface area contributed by atoms with Crippen molar-refractivity contribution in [3.05, 3.63) is 14.5 Å². The first-order valence-corrected chi connectivity index (χ1v) is 5.80. The van der Waals surface area contributed by atoms with E-state index in [1.54, 1.807) is 4.88 Å². The maximum absolute atomic E-state index is 5.18. The number of hydrogen-bond donors (Lipinski definition) is 1. The fourth-order valence-electron chi connectivity index (χ4n) is 2.60. The molecule has 0 atom stereocenters. The monoisotopic (exact) mass is 197 g/mol. The van der Waals surface area contributed by atoms with E-state index < -0.39 is 0 Å². The number of nitrogens with one attached hydrogen (secondary N) is 1. The van der Waals surface area contributed by atoms with Gasteiger partial charge < -0.3 is 4.98 Å². The van der Waals surface area contributed by atoms with Gasteiger partial charge in [0.2, 0.25) is 0 Å². The number of thiazole rings is 1. The van der Waals surface area contributed by atoms with Gasteiger partial charge >= 0.3 is 0 Å². The van der Waals surface area contributed by atoms with Crippen molar-refractivity contribution in [3.8, 4) is 0 Å². The molecule has 2 bridgehead atoms. The Kier molecular flexibility index (Phi) is 1.47. The summed E-state index contributed by atoms with van der Waals surface area (Å²) in [5.74, 6) is 1.67. The molecule has 1 N–H and O–H groups in total. The Morgan fingerprint density at radius 3 is 2.50 bits per heavy atom. The summed E-state index contributed by atoms with van der Waals surface area (Å²) in [6, 6.07) is 0. The summed E-state index contributed by atoms with van der Waals surface area (Å²) in [6.07, 6.45) is 5.58. The van der Waals surface area contributed by atoms with Crippen molar-refractivity contribution >= 4 is 23.6 Å². The number of rotatable bonds is 0. The second-order valence-electron chi connectivity index (χ2n) is 3.84. The average molecular weight is 197 g/mol. The molecule has 0 amide bonds. The van der Waals surface area contributed by atoms with Gasteiger partial charge in [-0.15, -0.1) is 11.3 Å². The van der Waals surface area contributed by atoms with Gasteiger partial charge in [0.05, 0.1) is 0 Å². The van der Waals surface area contributed by atoms with E-state index in [-0.39, 0.29) is 0 Å². The number of H-pyrrole nitrogens is 1. The molecular formula is C9H11NS2. The molecule has 0 aromatic carbocycles. The molecule has 12 heavy (non-hydrogen) atoms. The van der Waals surface area contributed by atoms with Crippen molar-refractivity contribution in [2.75, 3.05) is 0 Å². The summed E-state index contributed by atoms with van der Waals surface area (Å²) in [5, 5.41) is 0. The predicted octanol–water partition coefficient (Wildman–Crippen LogP) is 3.56. The topological polar surface area (TPSA) is 15.8 Å². The van der Waals surface area contributed by atoms with Crippen LogP contribution in [0.25, 0.3) is 0 Å². The lowest BCUT2D eigenvalue weighted by Crippen LogP contribution is -2.20. The zero-order valence-electron chi connectivity index (χ0n) is 6.80. The van der Waals surface area contributed by atoms with Gasteiger partial charge in [-0.3, -0.25) is 0 Å². The third kappa shape index (κ3) is 0.866. The number of aromatic nitrogens is 1. The van der Waals surface area contributed by atoms with Crippen molar-refractivity contribution in [2.24, 2.45) is 0 Å². The molecule has 0 radical (unpaired) electrons. The Bertz CT molecular complexity index is 322. The standard InChI is InChI=1S/C9H11NS2/c11-9-10-7-5-1-3-6(4-2-5)8(7)12-9/h5-6H,1-4H2,(H,10,11). The number of hydrogen-bond acceptors (Lipinski definition) is 2. The largest absolute Gasteiger partial charge is 0.340 e. The van der Waals surface area contributed by atoms with Crippen molar-refractivity contribution in [3.63, 3.8) is 0 Å². The van der Waals surface area contributed by atoms with Gasteiger partial charge in [0.1, 0.15) is 0 Å². The Hall–Kier alpha value is -0.150. The molecule has 3 aliphatic carbocycles. The van der Waals surface area contributed by atoms with Gasteiger partial charge in [-0.25, -0.2) is 0 Å². The first kappa shape index (κ1) is 7.27. The molecule has 1 aromatic heterocycles. The molecule has 1 heterocycles. The third-order valence-electron chi connectivity index (χ3n) is 3.21. The first-order valence-electron chi connectivity index (χ1n) is 4.57. The summed E-state index contributed by atoms with van der Waals surface area (Å²) in [5.41, 5.74) is 1.49. The fraction of sp³-hybridized carbons (Fsp3) is 0.667. The van der Waals surface area contributed by atoms with E-state index in [4.69, 9.17) is 12.2 Å². The van der Waals surface area contributed by atoms with Crippen LogP contribution in [0.5, 0.6) is 0 Å². The second kappa shape index (κ2) is 2.42. The van der Waals surface area contributed by atoms with E-state index >= 15 is 0 Å². The van der Waals surface area contributed by atoms with Gasteiger partial charge in [-0.1, -0.05) is 0 Å². The highest BCUT2D eigenvalue weighted by Gasteiger charge is 2.34. The highest BCUT2D eigenvalue weighted by molar-refractivity contribution is 7.73. The predicted molar refractivity (Wildman–Crippen MR) is 53.5 cm³/mol. The minimum absolute atomic E-state index is 0.818. The molecule has 0 spiro atoms. The molecule has 1 nitrogen and oxygen atoms in total. The first-order chi connectivity index (χ1) is 5.84. The van der Waals surface area contributed by atoms with E-state index in [0.717, 1.165) is 15.8 Å². The molecule has 0 aliphatic heterocycles. The van der Waals surface area contributed by atoms with Crippen LogP contribution >= 0.6 is 23.6 Å². The van der Waals surface area contributed by atoms with E-state index in [0.29, 0.717) is 0 Å². The van der Waals surface area contributed by atoms with Gasteiger partial charge in [0, 0.05) is 16.5 Å². The summed E-state index contributed by atoms with van der Waals surface area (Å²) in [7, 11) is 0. The highest BCUT2D eigenvalue weighted by atomic mass is 32.1. The second-order valence-corrected chi connectivity index (χ2v) is 5.56. The average Bonchev–Trinajstić information content (AvgIpc) is 2.49. The van der Waals surface area contributed by atoms with Crippen LogP contribution in [0.2, 0.25) is 0 Å². The molecule has 0 saturated heterocycles. The summed E-state index contributed by atoms with van der Waals surface area (Å²) in [6.45, 7) is 0. The molecule has 1 aromatic rings. The Morgan fingerprint density at radius 2 is 1.83 bits per heavy atom. The normalized spacial score (nSPS) is 32.0. The van der Waals surface area contributed by atoms with E-state index in [1.807, 2.05) is 11.3 Å². The summed E-state index contributed by atoms with van der Waals surface area (Å²) < 4.78 is 0.985. The van der Waals surface area contributed by atoms with Crippen LogP contribution in [-0.4, -0.2) is 4.98 Å². The molecule has 64 valence electrons. The minimum Gasteiger partial charge on any atom is -0.340 e. The lowest BCUT2D eigenvalue weighted by atomic mass is 9.73. The zero-order chi connectivity index (χ0) is 8.13. The molecule has 1 fully saturated rings. The quantitative estimate of drug-likeness (QED) is 0.629. The van der Waals surface area contributed by atoms with Crippen LogP contribution in [0.1, 0.15) is 48.1 Å². The minimum atomic E-state index is 0.818. The zero-order valence-corrected chi connectivity index (χ0v) is 8.43. The van der Waals surface area contributed by atoms with Crippen LogP contribution in [0.3, 0.4) is 0 Å².